The fourth-order valence-corrected chi connectivity index (χ4v) is 2.76. The number of nitrogens with one attached hydrogen (secondary N) is 1. The van der Waals surface area contributed by atoms with Crippen LogP contribution in [0.2, 0.25) is 0 Å². The maximum atomic E-state index is 12.6. The number of thioether (sulfide) groups is 1. The monoisotopic (exact) mass is 397 g/mol. The average Bonchev–Trinajstić information content (AvgIpc) is 2.66. The van der Waals surface area contributed by atoms with Crippen LogP contribution in [0, 0.1) is 0 Å². The lowest BCUT2D eigenvalue weighted by Crippen LogP contribution is -2.21. The van der Waals surface area contributed by atoms with E-state index < -0.39 is 24.2 Å². The number of rotatable bonds is 8. The second-order valence-corrected chi connectivity index (χ2v) is 6.10. The zero-order chi connectivity index (χ0) is 19.8. The fraction of sp³-hybridized carbons (Fsp3) is 0.222. The Labute approximate surface area is 158 Å². The van der Waals surface area contributed by atoms with Gasteiger partial charge in [-0.25, -0.2) is 4.79 Å². The molecule has 0 aliphatic carbocycles. The molecule has 0 bridgehead atoms. The number of hydrogen-bond acceptors (Lipinski definition) is 6. The molecule has 0 aromatic heterocycles. The van der Waals surface area contributed by atoms with Crippen LogP contribution < -0.4 is 14.8 Å². The van der Waals surface area contributed by atoms with E-state index in [-0.39, 0.29) is 22.2 Å². The number of carbonyl (C=O) groups excluding carboxylic acids is 2. The van der Waals surface area contributed by atoms with E-state index in [1.165, 1.54) is 38.5 Å². The van der Waals surface area contributed by atoms with Gasteiger partial charge in [-0.1, -0.05) is 23.9 Å². The van der Waals surface area contributed by atoms with Crippen molar-refractivity contribution in [3.63, 3.8) is 0 Å². The lowest BCUT2D eigenvalue weighted by Gasteiger charge is -2.12. The summed E-state index contributed by atoms with van der Waals surface area (Å²) in [6.45, 7) is -0.582. The Balaban J connectivity index is 1.99. The zero-order valence-corrected chi connectivity index (χ0v) is 15.3. The molecule has 0 aliphatic heterocycles. The van der Waals surface area contributed by atoms with Gasteiger partial charge < -0.3 is 19.5 Å². The topological polar surface area (TPSA) is 73.9 Å². The van der Waals surface area contributed by atoms with Crippen LogP contribution in [0.15, 0.2) is 47.4 Å². The van der Waals surface area contributed by atoms with Crippen LogP contribution in [0.3, 0.4) is 0 Å². The predicted octanol–water partition coefficient (Wildman–Crippen LogP) is 3.81. The summed E-state index contributed by atoms with van der Waals surface area (Å²) in [5, 5.41) is 2.54. The molecular weight excluding hydrogens is 380 g/mol. The Bertz CT molecular complexity index is 816. The van der Waals surface area contributed by atoms with Crippen molar-refractivity contribution in [3.8, 4) is 11.5 Å². The number of ether oxygens (including phenoxy) is 3. The van der Waals surface area contributed by atoms with Crippen LogP contribution in [0.1, 0.15) is 10.4 Å². The summed E-state index contributed by atoms with van der Waals surface area (Å²) in [6, 6.07) is 10.6. The summed E-state index contributed by atoms with van der Waals surface area (Å²) >= 11 is 0.236. The third-order valence-corrected chi connectivity index (χ3v) is 4.13. The first kappa shape index (κ1) is 20.5. The smallest absolute Gasteiger partial charge is 0.339 e. The van der Waals surface area contributed by atoms with Crippen LogP contribution in [0.5, 0.6) is 11.5 Å². The maximum absolute atomic E-state index is 12.6. The Morgan fingerprint density at radius 1 is 1.11 bits per heavy atom. The highest BCUT2D eigenvalue weighted by Gasteiger charge is 2.18. The summed E-state index contributed by atoms with van der Waals surface area (Å²) in [4.78, 5) is 24.2. The average molecular weight is 397 g/mol. The van der Waals surface area contributed by atoms with Gasteiger partial charge in [-0.3, -0.25) is 4.79 Å². The van der Waals surface area contributed by atoms with Crippen molar-refractivity contribution in [3.05, 3.63) is 48.0 Å². The van der Waals surface area contributed by atoms with Gasteiger partial charge in [0.05, 0.1) is 25.5 Å². The molecule has 0 unspecified atom stereocenters. The predicted molar refractivity (Wildman–Crippen MR) is 96.8 cm³/mol. The molecule has 0 aliphatic rings. The highest BCUT2D eigenvalue weighted by molar-refractivity contribution is 7.99. The van der Waals surface area contributed by atoms with Crippen molar-refractivity contribution in [2.24, 2.45) is 0 Å². The SMILES string of the molecule is COc1ccc(NC(=O)COC(=O)c2ccccc2SC(F)F)c(OC)c1. The van der Waals surface area contributed by atoms with Crippen molar-refractivity contribution < 1.29 is 32.6 Å². The van der Waals surface area contributed by atoms with E-state index >= 15 is 0 Å². The van der Waals surface area contributed by atoms with Gasteiger partial charge in [0, 0.05) is 11.0 Å². The number of methoxy groups -OCH3 is 2. The zero-order valence-electron chi connectivity index (χ0n) is 14.5. The third-order valence-electron chi connectivity index (χ3n) is 3.34. The summed E-state index contributed by atoms with van der Waals surface area (Å²) in [6.07, 6.45) is 0. The van der Waals surface area contributed by atoms with Crippen LogP contribution in [0.25, 0.3) is 0 Å². The molecule has 1 amide bonds. The van der Waals surface area contributed by atoms with E-state index in [0.29, 0.717) is 17.2 Å². The molecular formula is C18H17F2NO5S. The molecule has 6 nitrogen and oxygen atoms in total. The number of amides is 1. The van der Waals surface area contributed by atoms with Crippen LogP contribution in [-0.2, 0) is 9.53 Å². The molecule has 9 heteroatoms. The van der Waals surface area contributed by atoms with Crippen molar-refractivity contribution in [2.75, 3.05) is 26.1 Å². The number of anilines is 1. The number of benzene rings is 2. The molecule has 0 heterocycles. The minimum atomic E-state index is -2.68. The van der Waals surface area contributed by atoms with Gasteiger partial charge in [0.2, 0.25) is 0 Å². The highest BCUT2D eigenvalue weighted by atomic mass is 32.2. The highest BCUT2D eigenvalue weighted by Crippen LogP contribution is 2.30. The first-order chi connectivity index (χ1) is 12.9. The molecule has 0 radical (unpaired) electrons. The first-order valence-corrected chi connectivity index (χ1v) is 8.55. The Hall–Kier alpha value is -2.81. The van der Waals surface area contributed by atoms with Gasteiger partial charge in [0.25, 0.3) is 11.7 Å². The Morgan fingerprint density at radius 2 is 1.85 bits per heavy atom. The minimum Gasteiger partial charge on any atom is -0.497 e. The van der Waals surface area contributed by atoms with Crippen molar-refractivity contribution >= 4 is 29.3 Å². The molecule has 1 N–H and O–H groups in total. The number of esters is 1. The van der Waals surface area contributed by atoms with Gasteiger partial charge in [-0.15, -0.1) is 0 Å². The molecule has 2 aromatic carbocycles. The van der Waals surface area contributed by atoms with Crippen molar-refractivity contribution in [1.29, 1.82) is 0 Å². The van der Waals surface area contributed by atoms with E-state index in [1.807, 2.05) is 0 Å². The largest absolute Gasteiger partial charge is 0.497 e. The third kappa shape index (κ3) is 5.85. The lowest BCUT2D eigenvalue weighted by atomic mass is 10.2. The van der Waals surface area contributed by atoms with Gasteiger partial charge in [0.15, 0.2) is 6.61 Å². The molecule has 0 atom stereocenters. The minimum absolute atomic E-state index is 0.0300. The Kier molecular flexibility index (Phi) is 7.42. The molecule has 2 rings (SSSR count). The molecule has 144 valence electrons. The lowest BCUT2D eigenvalue weighted by molar-refractivity contribution is -0.119. The number of hydrogen-bond donors (Lipinski definition) is 1. The summed E-state index contributed by atoms with van der Waals surface area (Å²) in [7, 11) is 2.93. The second-order valence-electron chi connectivity index (χ2n) is 5.07. The summed E-state index contributed by atoms with van der Waals surface area (Å²) in [5.41, 5.74) is 0.339. The maximum Gasteiger partial charge on any atom is 0.339 e. The second kappa shape index (κ2) is 9.77. The van der Waals surface area contributed by atoms with Gasteiger partial charge in [0.1, 0.15) is 11.5 Å². The number of alkyl halides is 2. The van der Waals surface area contributed by atoms with Crippen molar-refractivity contribution in [2.45, 2.75) is 10.7 Å². The first-order valence-electron chi connectivity index (χ1n) is 7.67. The van der Waals surface area contributed by atoms with Gasteiger partial charge in [-0.2, -0.15) is 8.78 Å². The normalized spacial score (nSPS) is 10.4. The van der Waals surface area contributed by atoms with E-state index in [4.69, 9.17) is 14.2 Å². The van der Waals surface area contributed by atoms with Crippen LogP contribution >= 0.6 is 11.8 Å². The molecule has 0 saturated heterocycles. The van der Waals surface area contributed by atoms with Gasteiger partial charge >= 0.3 is 5.97 Å². The molecule has 27 heavy (non-hydrogen) atoms. The Morgan fingerprint density at radius 3 is 2.52 bits per heavy atom. The van der Waals surface area contributed by atoms with Crippen LogP contribution in [-0.4, -0.2) is 38.5 Å². The van der Waals surface area contributed by atoms with E-state index in [9.17, 15) is 18.4 Å². The van der Waals surface area contributed by atoms with Crippen molar-refractivity contribution in [1.82, 2.24) is 0 Å². The van der Waals surface area contributed by atoms with E-state index in [2.05, 4.69) is 5.32 Å². The standard InChI is InChI=1S/C18H17F2NO5S/c1-24-11-7-8-13(14(9-11)25-2)21-16(22)10-26-17(23)12-5-3-4-6-15(12)27-18(19)20/h3-9,18H,10H2,1-2H3,(H,21,22). The summed E-state index contributed by atoms with van der Waals surface area (Å²) < 4.78 is 40.3. The molecule has 0 fully saturated rings. The number of carbonyl (C=O) groups is 2. The molecule has 0 saturated carbocycles. The number of halogens is 2. The van der Waals surface area contributed by atoms with E-state index in [1.54, 1.807) is 18.2 Å². The fourth-order valence-electron chi connectivity index (χ4n) is 2.13. The molecule has 2 aromatic rings. The summed E-state index contributed by atoms with van der Waals surface area (Å²) in [5.74, 6) is -3.23. The van der Waals surface area contributed by atoms with Crippen LogP contribution in [0.4, 0.5) is 14.5 Å². The van der Waals surface area contributed by atoms with Gasteiger partial charge in [-0.05, 0) is 24.3 Å². The molecule has 0 spiro atoms. The van der Waals surface area contributed by atoms with E-state index in [0.717, 1.165) is 0 Å². The quantitative estimate of drug-likeness (QED) is 0.539.